The quantitative estimate of drug-likeness (QED) is 0.0566. The number of nitrogens with one attached hydrogen (secondary N) is 5. The number of carboxylic acids is 1. The van der Waals surface area contributed by atoms with Crippen LogP contribution in [0.5, 0.6) is 28.7 Å². The number of benzene rings is 5. The molecule has 9 N–H and O–H groups in total. The Morgan fingerprint density at radius 1 is 0.541 bits per heavy atom. The number of carbonyl (C=O) groups is 6. The van der Waals surface area contributed by atoms with Crippen molar-refractivity contribution in [2.24, 2.45) is 0 Å². The normalized spacial score (nSPS) is 11.6. The minimum absolute atomic E-state index is 0.00762. The molecular weight excluding hydrogens is 791 g/mol. The summed E-state index contributed by atoms with van der Waals surface area (Å²) in [5, 5.41) is 53.1. The number of aromatic hydroxyl groups is 3. The van der Waals surface area contributed by atoms with E-state index in [1.54, 1.807) is 38.1 Å². The van der Waals surface area contributed by atoms with Crippen LogP contribution in [0.15, 0.2) is 103 Å². The molecule has 0 aromatic heterocycles. The molecule has 0 unspecified atom stereocenters. The highest BCUT2D eigenvalue weighted by molar-refractivity contribution is 6.11. The van der Waals surface area contributed by atoms with Crippen molar-refractivity contribution in [3.8, 4) is 28.7 Å². The van der Waals surface area contributed by atoms with E-state index in [0.29, 0.717) is 16.9 Å². The lowest BCUT2D eigenvalue weighted by Gasteiger charge is -2.16. The molecule has 5 aromatic carbocycles. The lowest BCUT2D eigenvalue weighted by molar-refractivity contribution is -0.117. The highest BCUT2D eigenvalue weighted by atomic mass is 16.5. The van der Waals surface area contributed by atoms with Crippen LogP contribution in [0.25, 0.3) is 5.57 Å². The number of methoxy groups -OCH3 is 2. The minimum Gasteiger partial charge on any atom is -0.508 e. The average molecular weight is 832 g/mol. The van der Waals surface area contributed by atoms with Crippen LogP contribution in [-0.4, -0.2) is 76.2 Å². The van der Waals surface area contributed by atoms with Crippen LogP contribution in [0, 0.1) is 0 Å². The van der Waals surface area contributed by atoms with Crippen LogP contribution < -0.4 is 36.1 Å². The Balaban J connectivity index is 1.15. The number of aromatic carboxylic acids is 1. The van der Waals surface area contributed by atoms with Crippen LogP contribution >= 0.6 is 0 Å². The van der Waals surface area contributed by atoms with Crippen molar-refractivity contribution in [3.05, 3.63) is 130 Å². The van der Waals surface area contributed by atoms with Gasteiger partial charge in [-0.05, 0) is 117 Å². The summed E-state index contributed by atoms with van der Waals surface area (Å²) in [5.41, 5.74) is 2.33. The third-order valence-electron chi connectivity index (χ3n) is 9.41. The molecule has 0 aliphatic rings. The first kappa shape index (κ1) is 43.8. The molecule has 5 amide bonds. The summed E-state index contributed by atoms with van der Waals surface area (Å²) in [6, 6.07) is 22.2. The highest BCUT2D eigenvalue weighted by Crippen LogP contribution is 2.40. The molecule has 5 rings (SSSR count). The minimum atomic E-state index is -1.42. The highest BCUT2D eigenvalue weighted by Gasteiger charge is 2.24. The SMILES string of the molecule is COc1c(NC(=O)c2ccc(NC(=O)c3ccc(NC(=O)[C@H](C)NC(=O)c4ccc(NC(=O)/C(C)=C(\C)c5ccc(O)cc5)cc4)cc3)c(OC)c2O)ccc(C(=O)O)c1O. The number of anilines is 4. The van der Waals surface area contributed by atoms with Gasteiger partial charge in [-0.1, -0.05) is 12.1 Å². The fourth-order valence-electron chi connectivity index (χ4n) is 5.82. The van der Waals surface area contributed by atoms with Gasteiger partial charge >= 0.3 is 5.97 Å². The van der Waals surface area contributed by atoms with E-state index in [1.807, 2.05) is 0 Å². The zero-order valence-electron chi connectivity index (χ0n) is 33.4. The predicted molar refractivity (Wildman–Crippen MR) is 226 cm³/mol. The van der Waals surface area contributed by atoms with Gasteiger partial charge in [0.25, 0.3) is 23.6 Å². The zero-order valence-corrected chi connectivity index (χ0v) is 33.4. The summed E-state index contributed by atoms with van der Waals surface area (Å²) in [7, 11) is 2.37. The van der Waals surface area contributed by atoms with Gasteiger partial charge in [-0.15, -0.1) is 0 Å². The molecule has 314 valence electrons. The molecule has 0 fully saturated rings. The summed E-state index contributed by atoms with van der Waals surface area (Å²) in [6.45, 7) is 4.97. The number of amides is 5. The third kappa shape index (κ3) is 10.2. The summed E-state index contributed by atoms with van der Waals surface area (Å²) in [5.74, 6) is -6.14. The van der Waals surface area contributed by atoms with E-state index in [4.69, 9.17) is 9.47 Å². The Morgan fingerprint density at radius 3 is 1.52 bits per heavy atom. The fourth-order valence-corrected chi connectivity index (χ4v) is 5.82. The van der Waals surface area contributed by atoms with E-state index >= 15 is 0 Å². The van der Waals surface area contributed by atoms with Crippen LogP contribution in [0.3, 0.4) is 0 Å². The molecule has 0 heterocycles. The Labute approximate surface area is 348 Å². The average Bonchev–Trinajstić information content (AvgIpc) is 3.23. The third-order valence-corrected chi connectivity index (χ3v) is 9.41. The first-order chi connectivity index (χ1) is 29.0. The molecule has 0 saturated heterocycles. The van der Waals surface area contributed by atoms with Crippen molar-refractivity contribution in [1.82, 2.24) is 5.32 Å². The van der Waals surface area contributed by atoms with E-state index in [0.717, 1.165) is 17.2 Å². The van der Waals surface area contributed by atoms with Gasteiger partial charge in [-0.25, -0.2) is 4.79 Å². The lowest BCUT2D eigenvalue weighted by atomic mass is 10.0. The van der Waals surface area contributed by atoms with E-state index < -0.39 is 52.7 Å². The number of phenols is 3. The second-order valence-electron chi connectivity index (χ2n) is 13.4. The van der Waals surface area contributed by atoms with Gasteiger partial charge in [0.05, 0.1) is 31.2 Å². The number of phenolic OH excluding ortho intramolecular Hbond substituents is 2. The van der Waals surface area contributed by atoms with E-state index in [9.17, 15) is 49.2 Å². The van der Waals surface area contributed by atoms with Crippen LogP contribution in [0.2, 0.25) is 0 Å². The van der Waals surface area contributed by atoms with Crippen LogP contribution in [-0.2, 0) is 9.59 Å². The largest absolute Gasteiger partial charge is 0.508 e. The van der Waals surface area contributed by atoms with Gasteiger partial charge in [-0.3, -0.25) is 24.0 Å². The summed E-state index contributed by atoms with van der Waals surface area (Å²) >= 11 is 0. The molecule has 1 atom stereocenters. The van der Waals surface area contributed by atoms with Crippen LogP contribution in [0.4, 0.5) is 22.7 Å². The molecule has 0 aliphatic heterocycles. The lowest BCUT2D eigenvalue weighted by Crippen LogP contribution is -2.41. The molecule has 0 aliphatic carbocycles. The van der Waals surface area contributed by atoms with Gasteiger partial charge in [0.1, 0.15) is 17.4 Å². The topological polar surface area (TPSA) is 262 Å². The summed E-state index contributed by atoms with van der Waals surface area (Å²) in [6.07, 6.45) is 0. The second-order valence-corrected chi connectivity index (χ2v) is 13.4. The molecule has 0 saturated carbocycles. The van der Waals surface area contributed by atoms with E-state index in [-0.39, 0.29) is 51.2 Å². The van der Waals surface area contributed by atoms with E-state index in [1.165, 1.54) is 87.9 Å². The Kier molecular flexibility index (Phi) is 13.6. The number of rotatable bonds is 14. The number of hydrogen-bond donors (Lipinski definition) is 9. The molecule has 17 heteroatoms. The summed E-state index contributed by atoms with van der Waals surface area (Å²) in [4.78, 5) is 76.3. The van der Waals surface area contributed by atoms with Crippen molar-refractivity contribution in [2.75, 3.05) is 35.5 Å². The van der Waals surface area contributed by atoms with Crippen molar-refractivity contribution in [2.45, 2.75) is 26.8 Å². The maximum atomic E-state index is 13.2. The van der Waals surface area contributed by atoms with Crippen molar-refractivity contribution >= 4 is 63.8 Å². The van der Waals surface area contributed by atoms with Gasteiger partial charge in [0.2, 0.25) is 5.91 Å². The van der Waals surface area contributed by atoms with Gasteiger partial charge < -0.3 is 56.5 Å². The van der Waals surface area contributed by atoms with Crippen molar-refractivity contribution in [1.29, 1.82) is 0 Å². The van der Waals surface area contributed by atoms with Crippen LogP contribution in [0.1, 0.15) is 67.8 Å². The Morgan fingerprint density at radius 2 is 1.00 bits per heavy atom. The maximum absolute atomic E-state index is 13.2. The smallest absolute Gasteiger partial charge is 0.339 e. The summed E-state index contributed by atoms with van der Waals surface area (Å²) < 4.78 is 10.3. The molecule has 5 aromatic rings. The van der Waals surface area contributed by atoms with Gasteiger partial charge in [-0.2, -0.15) is 0 Å². The standard InChI is InChI=1S/C44H41N5O12/c1-22(25-10-16-30(50)17-11-25)23(2)39(53)46-28-12-6-26(7-13-28)41(55)45-24(3)40(54)47-29-14-8-27(9-15-29)42(56)48-33-20-18-31(35(51)37(33)60-4)43(57)49-34-21-19-32(44(58)59)36(52)38(34)61-5/h6-21,24,50-52H,1-5H3,(H,45,55)(H,46,53)(H,47,54)(H,48,56)(H,49,57)(H,58,59)/b23-22+/t24-/m0/s1. The molecule has 0 radical (unpaired) electrons. The van der Waals surface area contributed by atoms with E-state index in [2.05, 4.69) is 26.6 Å². The Bertz CT molecular complexity index is 2550. The van der Waals surface area contributed by atoms with Gasteiger partial charge in [0, 0.05) is 28.1 Å². The number of hydrogen-bond acceptors (Lipinski definition) is 11. The van der Waals surface area contributed by atoms with Gasteiger partial charge in [0.15, 0.2) is 23.0 Å². The molecule has 61 heavy (non-hydrogen) atoms. The fraction of sp³-hybridized carbons (Fsp3) is 0.136. The number of carboxylic acid groups (broad SMARTS) is 1. The molecular formula is C44H41N5O12. The first-order valence-corrected chi connectivity index (χ1v) is 18.3. The molecule has 17 nitrogen and oxygen atoms in total. The first-order valence-electron chi connectivity index (χ1n) is 18.3. The number of allylic oxidation sites excluding steroid dienone is 1. The predicted octanol–water partition coefficient (Wildman–Crippen LogP) is 6.21. The molecule has 0 bridgehead atoms. The maximum Gasteiger partial charge on any atom is 0.339 e. The Hall–Kier alpha value is -8.34. The second kappa shape index (κ2) is 18.9. The van der Waals surface area contributed by atoms with Crippen molar-refractivity contribution < 1.29 is 58.7 Å². The number of carbonyl (C=O) groups excluding carboxylic acids is 5. The number of ether oxygens (including phenoxy) is 2. The zero-order chi connectivity index (χ0) is 44.5. The monoisotopic (exact) mass is 831 g/mol. The van der Waals surface area contributed by atoms with Crippen molar-refractivity contribution in [3.63, 3.8) is 0 Å². The molecule has 0 spiro atoms.